The monoisotopic (exact) mass is 775 g/mol. The van der Waals surface area contributed by atoms with Crippen LogP contribution in [0.5, 0.6) is 5.75 Å². The number of likely N-dealkylation sites (tertiary alicyclic amines) is 1. The van der Waals surface area contributed by atoms with Gasteiger partial charge in [-0.2, -0.15) is 0 Å². The van der Waals surface area contributed by atoms with Gasteiger partial charge in [-0.3, -0.25) is 9.59 Å². The molecule has 3 aliphatic rings. The Morgan fingerprint density at radius 2 is 1.76 bits per heavy atom. The molecule has 0 bridgehead atoms. The molecule has 3 aliphatic heterocycles. The third-order valence-corrected chi connectivity index (χ3v) is 10.2. The standard InChI is InChI=1S/C35H36Cl2IN3O5/c1-34(2,3)46-33(44)41-13-11-20(12-14-41)19-45-29-10-8-24(38)17-25(29)31-35(26-9-7-23(37)16-28(26)39-32(35)43)27(18-30(42)40-31)21-5-4-6-22(36)15-21/h4-10,15-17,20,27,31H,11-14,18-19H2,1-3H3,(H,39,43)(H,40,42)/t27-,31+,35-/m0/s1. The number of ether oxygens (including phenoxy) is 2. The zero-order chi connectivity index (χ0) is 32.8. The summed E-state index contributed by atoms with van der Waals surface area (Å²) in [6.45, 7) is 7.20. The molecular weight excluding hydrogens is 740 g/mol. The van der Waals surface area contributed by atoms with Crippen molar-refractivity contribution in [1.29, 1.82) is 0 Å². The number of hydrogen-bond acceptors (Lipinski definition) is 5. The van der Waals surface area contributed by atoms with E-state index in [1.54, 1.807) is 23.1 Å². The SMILES string of the molecule is CC(C)(C)OC(=O)N1CCC(COc2ccc(I)cc2[C@H]2NC(=O)C[C@@H](c3cccc(Cl)c3)[C@]23C(=O)Nc2cc(Cl)ccc23)CC1. The molecule has 3 heterocycles. The summed E-state index contributed by atoms with van der Waals surface area (Å²) < 4.78 is 13.0. The van der Waals surface area contributed by atoms with Gasteiger partial charge in [0.2, 0.25) is 11.8 Å². The van der Waals surface area contributed by atoms with E-state index in [2.05, 4.69) is 33.2 Å². The largest absolute Gasteiger partial charge is 0.493 e. The van der Waals surface area contributed by atoms with Gasteiger partial charge in [0.15, 0.2) is 0 Å². The number of nitrogens with zero attached hydrogens (tertiary/aromatic N) is 1. The molecule has 3 atom stereocenters. The first-order valence-corrected chi connectivity index (χ1v) is 17.2. The molecule has 6 rings (SSSR count). The summed E-state index contributed by atoms with van der Waals surface area (Å²) in [6, 6.07) is 17.9. The number of halogens is 3. The van der Waals surface area contributed by atoms with Crippen LogP contribution in [0.15, 0.2) is 60.7 Å². The third kappa shape index (κ3) is 6.42. The van der Waals surface area contributed by atoms with Gasteiger partial charge >= 0.3 is 6.09 Å². The summed E-state index contributed by atoms with van der Waals surface area (Å²) in [7, 11) is 0. The fourth-order valence-corrected chi connectivity index (χ4v) is 7.85. The van der Waals surface area contributed by atoms with Crippen LogP contribution in [0.3, 0.4) is 0 Å². The number of amides is 3. The van der Waals surface area contributed by atoms with Crippen LogP contribution >= 0.6 is 45.8 Å². The van der Waals surface area contributed by atoms with Crippen molar-refractivity contribution in [2.75, 3.05) is 25.0 Å². The van der Waals surface area contributed by atoms with Crippen molar-refractivity contribution < 1.29 is 23.9 Å². The molecule has 11 heteroatoms. The second-order valence-electron chi connectivity index (χ2n) is 13.2. The van der Waals surface area contributed by atoms with Gasteiger partial charge < -0.3 is 25.0 Å². The number of carbonyl (C=O) groups excluding carboxylic acids is 3. The maximum atomic E-state index is 14.4. The average molecular weight is 776 g/mol. The van der Waals surface area contributed by atoms with Crippen molar-refractivity contribution >= 4 is 69.4 Å². The van der Waals surface area contributed by atoms with Crippen molar-refractivity contribution in [2.45, 2.75) is 63.0 Å². The lowest BCUT2D eigenvalue weighted by Crippen LogP contribution is -2.57. The molecule has 3 aromatic carbocycles. The van der Waals surface area contributed by atoms with E-state index < -0.39 is 23.0 Å². The van der Waals surface area contributed by atoms with Crippen molar-refractivity contribution in [3.8, 4) is 5.75 Å². The van der Waals surface area contributed by atoms with Crippen molar-refractivity contribution in [2.24, 2.45) is 5.92 Å². The number of carbonyl (C=O) groups is 3. The summed E-state index contributed by atoms with van der Waals surface area (Å²) in [4.78, 5) is 42.3. The Balaban J connectivity index is 1.34. The van der Waals surface area contributed by atoms with E-state index in [0.717, 1.165) is 33.1 Å². The molecule has 0 saturated carbocycles. The topological polar surface area (TPSA) is 97.0 Å². The molecule has 0 unspecified atom stereocenters. The lowest BCUT2D eigenvalue weighted by molar-refractivity contribution is -0.131. The number of benzene rings is 3. The first-order valence-electron chi connectivity index (χ1n) is 15.4. The van der Waals surface area contributed by atoms with E-state index in [0.29, 0.717) is 41.2 Å². The van der Waals surface area contributed by atoms with Gasteiger partial charge in [0.25, 0.3) is 0 Å². The lowest BCUT2D eigenvalue weighted by Gasteiger charge is -2.46. The zero-order valence-corrected chi connectivity index (χ0v) is 29.5. The number of nitrogens with one attached hydrogen (secondary N) is 2. The quantitative estimate of drug-likeness (QED) is 0.258. The van der Waals surface area contributed by atoms with E-state index in [1.807, 2.05) is 63.2 Å². The van der Waals surface area contributed by atoms with Crippen LogP contribution in [0.2, 0.25) is 10.0 Å². The van der Waals surface area contributed by atoms with Crippen LogP contribution in [-0.2, 0) is 19.7 Å². The number of hydrogen-bond donors (Lipinski definition) is 2. The lowest BCUT2D eigenvalue weighted by atomic mass is 9.59. The van der Waals surface area contributed by atoms with Crippen LogP contribution in [0, 0.1) is 9.49 Å². The summed E-state index contributed by atoms with van der Waals surface area (Å²) in [5.41, 5.74) is 1.15. The summed E-state index contributed by atoms with van der Waals surface area (Å²) in [5, 5.41) is 7.31. The molecular formula is C35H36Cl2IN3O5. The van der Waals surface area contributed by atoms with Crippen LogP contribution in [-0.4, -0.2) is 48.1 Å². The number of piperidine rings is 2. The minimum Gasteiger partial charge on any atom is -0.493 e. The van der Waals surface area contributed by atoms with Gasteiger partial charge in [-0.25, -0.2) is 4.79 Å². The Labute approximate surface area is 292 Å². The Hall–Kier alpha value is -3.02. The third-order valence-electron chi connectivity index (χ3n) is 9.03. The Morgan fingerprint density at radius 1 is 1.02 bits per heavy atom. The fraction of sp³-hybridized carbons (Fsp3) is 0.400. The molecule has 2 saturated heterocycles. The van der Waals surface area contributed by atoms with E-state index in [-0.39, 0.29) is 30.2 Å². The first kappa shape index (κ1) is 32.9. The molecule has 3 amide bonds. The Morgan fingerprint density at radius 3 is 2.48 bits per heavy atom. The highest BCUT2D eigenvalue weighted by atomic mass is 127. The molecule has 0 aliphatic carbocycles. The zero-order valence-electron chi connectivity index (χ0n) is 25.9. The Kier molecular flexibility index (Phi) is 9.21. The van der Waals surface area contributed by atoms with Gasteiger partial charge in [-0.05, 0) is 116 Å². The molecule has 46 heavy (non-hydrogen) atoms. The van der Waals surface area contributed by atoms with E-state index in [9.17, 15) is 14.4 Å². The van der Waals surface area contributed by atoms with Crippen molar-refractivity contribution in [3.63, 3.8) is 0 Å². The predicted octanol–water partition coefficient (Wildman–Crippen LogP) is 7.86. The van der Waals surface area contributed by atoms with Crippen molar-refractivity contribution in [3.05, 3.63) is 91.0 Å². The van der Waals surface area contributed by atoms with Crippen LogP contribution in [0.4, 0.5) is 10.5 Å². The highest BCUT2D eigenvalue weighted by Crippen LogP contribution is 2.58. The smallest absolute Gasteiger partial charge is 0.410 e. The molecule has 2 N–H and O–H groups in total. The number of rotatable bonds is 5. The normalized spacial score (nSPS) is 23.1. The minimum absolute atomic E-state index is 0.0999. The van der Waals surface area contributed by atoms with Gasteiger partial charge in [-0.1, -0.05) is 41.4 Å². The maximum Gasteiger partial charge on any atom is 0.410 e. The van der Waals surface area contributed by atoms with Gasteiger partial charge in [0.05, 0.1) is 12.6 Å². The number of anilines is 1. The molecule has 8 nitrogen and oxygen atoms in total. The van der Waals surface area contributed by atoms with Crippen LogP contribution < -0.4 is 15.4 Å². The van der Waals surface area contributed by atoms with Crippen LogP contribution in [0.25, 0.3) is 0 Å². The second-order valence-corrected chi connectivity index (χ2v) is 15.3. The van der Waals surface area contributed by atoms with E-state index in [1.165, 1.54) is 0 Å². The number of fused-ring (bicyclic) bond motifs is 2. The molecule has 242 valence electrons. The predicted molar refractivity (Wildman–Crippen MR) is 187 cm³/mol. The summed E-state index contributed by atoms with van der Waals surface area (Å²) in [6.07, 6.45) is 1.35. The second kappa shape index (κ2) is 12.9. The summed E-state index contributed by atoms with van der Waals surface area (Å²) in [5.74, 6) is -0.0938. The first-order chi connectivity index (χ1) is 21.8. The minimum atomic E-state index is -1.21. The van der Waals surface area contributed by atoms with Gasteiger partial charge in [-0.15, -0.1) is 0 Å². The highest BCUT2D eigenvalue weighted by Gasteiger charge is 2.61. The highest BCUT2D eigenvalue weighted by molar-refractivity contribution is 14.1. The Bertz CT molecular complexity index is 1690. The average Bonchev–Trinajstić information content (AvgIpc) is 3.27. The molecule has 0 aromatic heterocycles. The molecule has 1 spiro atoms. The van der Waals surface area contributed by atoms with Crippen LogP contribution in [0.1, 0.15) is 68.7 Å². The summed E-state index contributed by atoms with van der Waals surface area (Å²) >= 11 is 15.1. The molecule has 0 radical (unpaired) electrons. The molecule has 2 fully saturated rings. The van der Waals surface area contributed by atoms with Gasteiger partial charge in [0.1, 0.15) is 16.8 Å². The van der Waals surface area contributed by atoms with E-state index >= 15 is 0 Å². The van der Waals surface area contributed by atoms with Crippen molar-refractivity contribution in [1.82, 2.24) is 10.2 Å². The fourth-order valence-electron chi connectivity index (χ4n) is 6.96. The maximum absolute atomic E-state index is 14.4. The molecule has 3 aromatic rings. The van der Waals surface area contributed by atoms with E-state index in [4.69, 9.17) is 32.7 Å². The van der Waals surface area contributed by atoms with Gasteiger partial charge in [0, 0.05) is 50.3 Å².